The van der Waals surface area contributed by atoms with Crippen LogP contribution in [0.2, 0.25) is 0 Å². The maximum atomic E-state index is 12.6. The number of aryl methyl sites for hydroxylation is 1. The highest BCUT2D eigenvalue weighted by atomic mass is 19.3. The van der Waals surface area contributed by atoms with E-state index in [1.165, 1.54) is 6.07 Å². The van der Waals surface area contributed by atoms with Crippen LogP contribution in [0.1, 0.15) is 11.3 Å². The van der Waals surface area contributed by atoms with Crippen molar-refractivity contribution in [2.24, 2.45) is 0 Å². The summed E-state index contributed by atoms with van der Waals surface area (Å²) in [7, 11) is 1.76. The molecule has 0 atom stereocenters. The highest BCUT2D eigenvalue weighted by Crippen LogP contribution is 2.24. The van der Waals surface area contributed by atoms with Gasteiger partial charge >= 0.3 is 12.3 Å². The van der Waals surface area contributed by atoms with Gasteiger partial charge in [0.25, 0.3) is 0 Å². The van der Waals surface area contributed by atoms with Crippen LogP contribution in [-0.4, -0.2) is 31.0 Å². The molecule has 1 heterocycles. The fraction of sp³-hybridized carbons (Fsp3) is 0.545. The maximum absolute atomic E-state index is 12.6. The molecule has 0 aliphatic rings. The van der Waals surface area contributed by atoms with Gasteiger partial charge in [0.15, 0.2) is 6.61 Å². The van der Waals surface area contributed by atoms with Crippen molar-refractivity contribution >= 4 is 0 Å². The van der Waals surface area contributed by atoms with Crippen molar-refractivity contribution in [1.82, 2.24) is 10.3 Å². The number of hydrogen-bond acceptors (Lipinski definition) is 3. The zero-order chi connectivity index (χ0) is 13.8. The van der Waals surface area contributed by atoms with E-state index in [0.29, 0.717) is 12.2 Å². The minimum absolute atomic E-state index is 0.0901. The van der Waals surface area contributed by atoms with E-state index in [2.05, 4.69) is 15.0 Å². The van der Waals surface area contributed by atoms with Crippen LogP contribution in [0, 0.1) is 6.92 Å². The second kappa shape index (κ2) is 5.99. The molecule has 7 heteroatoms. The van der Waals surface area contributed by atoms with Gasteiger partial charge in [0.2, 0.25) is 5.88 Å². The lowest BCUT2D eigenvalue weighted by atomic mass is 10.2. The average molecular weight is 266 g/mol. The van der Waals surface area contributed by atoms with Gasteiger partial charge in [-0.25, -0.2) is 13.8 Å². The molecule has 1 aromatic heterocycles. The van der Waals surface area contributed by atoms with Gasteiger partial charge in [-0.2, -0.15) is 8.78 Å². The highest BCUT2D eigenvalue weighted by Gasteiger charge is 2.41. The van der Waals surface area contributed by atoms with Crippen molar-refractivity contribution in [3.63, 3.8) is 0 Å². The number of halogens is 4. The van der Waals surface area contributed by atoms with E-state index in [1.54, 1.807) is 20.0 Å². The van der Waals surface area contributed by atoms with Crippen LogP contribution in [0.4, 0.5) is 17.6 Å². The Kier molecular flexibility index (Phi) is 4.89. The van der Waals surface area contributed by atoms with Crippen LogP contribution in [0.15, 0.2) is 12.1 Å². The van der Waals surface area contributed by atoms with Crippen LogP contribution in [0.25, 0.3) is 0 Å². The number of nitrogens with one attached hydrogen (secondary N) is 1. The number of alkyl halides is 4. The first-order valence-electron chi connectivity index (χ1n) is 5.26. The van der Waals surface area contributed by atoms with Gasteiger partial charge < -0.3 is 10.1 Å². The largest absolute Gasteiger partial charge is 0.471 e. The summed E-state index contributed by atoms with van der Waals surface area (Å²) >= 11 is 0. The van der Waals surface area contributed by atoms with E-state index in [-0.39, 0.29) is 5.88 Å². The normalized spacial score (nSPS) is 11.9. The van der Waals surface area contributed by atoms with E-state index in [0.717, 1.165) is 5.56 Å². The minimum atomic E-state index is -4.17. The Labute approximate surface area is 102 Å². The number of nitrogens with zero attached hydrogens (tertiary/aromatic N) is 1. The highest BCUT2D eigenvalue weighted by molar-refractivity contribution is 5.24. The van der Waals surface area contributed by atoms with E-state index >= 15 is 0 Å². The van der Waals surface area contributed by atoms with E-state index in [4.69, 9.17) is 0 Å². The van der Waals surface area contributed by atoms with E-state index in [1.807, 2.05) is 0 Å². The summed E-state index contributed by atoms with van der Waals surface area (Å²) < 4.78 is 53.6. The monoisotopic (exact) mass is 266 g/mol. The molecule has 0 radical (unpaired) electrons. The molecule has 18 heavy (non-hydrogen) atoms. The Morgan fingerprint density at radius 1 is 1.39 bits per heavy atom. The Hall–Kier alpha value is -1.37. The van der Waals surface area contributed by atoms with Crippen LogP contribution in [-0.2, 0) is 6.54 Å². The number of aromatic nitrogens is 1. The third-order valence-electron chi connectivity index (χ3n) is 2.27. The molecule has 102 valence electrons. The minimum Gasteiger partial charge on any atom is -0.471 e. The molecular formula is C11H14F4N2O. The summed E-state index contributed by atoms with van der Waals surface area (Å²) in [4.78, 5) is 3.91. The molecule has 1 rings (SSSR count). The number of pyridine rings is 1. The van der Waals surface area contributed by atoms with Gasteiger partial charge in [-0.3, -0.25) is 0 Å². The fourth-order valence-electron chi connectivity index (χ4n) is 1.26. The van der Waals surface area contributed by atoms with Crippen molar-refractivity contribution in [2.75, 3.05) is 13.7 Å². The smallest absolute Gasteiger partial charge is 0.340 e. The lowest BCUT2D eigenvalue weighted by Gasteiger charge is -2.16. The van der Waals surface area contributed by atoms with Crippen LogP contribution >= 0.6 is 0 Å². The lowest BCUT2D eigenvalue weighted by Crippen LogP contribution is -2.33. The van der Waals surface area contributed by atoms with Crippen LogP contribution in [0.3, 0.4) is 0 Å². The van der Waals surface area contributed by atoms with Crippen molar-refractivity contribution in [3.8, 4) is 5.88 Å². The standard InChI is InChI=1S/C11H14F4N2O/c1-7-8(5-16-2)3-4-9(17-7)18-6-11(14,15)10(12)13/h3-4,10,16H,5-6H2,1-2H3. The van der Waals surface area contributed by atoms with Gasteiger partial charge in [-0.05, 0) is 19.5 Å². The Morgan fingerprint density at radius 3 is 2.56 bits per heavy atom. The van der Waals surface area contributed by atoms with Gasteiger partial charge in [0.1, 0.15) is 0 Å². The van der Waals surface area contributed by atoms with E-state index in [9.17, 15) is 17.6 Å². The Balaban J connectivity index is 2.67. The van der Waals surface area contributed by atoms with Crippen LogP contribution in [0.5, 0.6) is 5.88 Å². The van der Waals surface area contributed by atoms with Crippen molar-refractivity contribution in [1.29, 1.82) is 0 Å². The molecule has 0 saturated heterocycles. The predicted molar refractivity (Wildman–Crippen MR) is 58.2 cm³/mol. The molecular weight excluding hydrogens is 252 g/mol. The molecule has 1 N–H and O–H groups in total. The summed E-state index contributed by atoms with van der Waals surface area (Å²) in [6.45, 7) is 0.875. The number of hydrogen-bond donors (Lipinski definition) is 1. The summed E-state index contributed by atoms with van der Waals surface area (Å²) in [5.41, 5.74) is 1.48. The molecule has 0 fully saturated rings. The molecule has 0 bridgehead atoms. The second-order valence-corrected chi connectivity index (χ2v) is 3.77. The average Bonchev–Trinajstić information content (AvgIpc) is 2.30. The zero-order valence-corrected chi connectivity index (χ0v) is 10.0. The molecule has 0 spiro atoms. The van der Waals surface area contributed by atoms with Gasteiger partial charge in [0, 0.05) is 18.3 Å². The molecule has 0 aromatic carbocycles. The summed E-state index contributed by atoms with van der Waals surface area (Å²) in [6.07, 6.45) is -3.75. The molecule has 0 amide bonds. The molecule has 0 aliphatic carbocycles. The molecule has 3 nitrogen and oxygen atoms in total. The summed E-state index contributed by atoms with van der Waals surface area (Å²) in [5.74, 6) is -4.26. The molecule has 0 saturated carbocycles. The van der Waals surface area contributed by atoms with Crippen LogP contribution < -0.4 is 10.1 Å². The molecule has 1 aromatic rings. The second-order valence-electron chi connectivity index (χ2n) is 3.77. The number of ether oxygens (including phenoxy) is 1. The third kappa shape index (κ3) is 3.83. The first kappa shape index (κ1) is 14.7. The number of rotatable bonds is 6. The van der Waals surface area contributed by atoms with Gasteiger partial charge in [-0.1, -0.05) is 6.07 Å². The Morgan fingerprint density at radius 2 is 2.06 bits per heavy atom. The molecule has 0 aliphatic heterocycles. The van der Waals surface area contributed by atoms with Crippen molar-refractivity contribution in [2.45, 2.75) is 25.8 Å². The van der Waals surface area contributed by atoms with E-state index < -0.39 is 19.0 Å². The summed E-state index contributed by atoms with van der Waals surface area (Å²) in [5, 5.41) is 2.92. The fourth-order valence-corrected chi connectivity index (χ4v) is 1.26. The first-order valence-corrected chi connectivity index (χ1v) is 5.26. The third-order valence-corrected chi connectivity index (χ3v) is 2.27. The topological polar surface area (TPSA) is 34.1 Å². The summed E-state index contributed by atoms with van der Waals surface area (Å²) in [6, 6.07) is 3.02. The van der Waals surface area contributed by atoms with Crippen molar-refractivity contribution in [3.05, 3.63) is 23.4 Å². The quantitative estimate of drug-likeness (QED) is 0.803. The predicted octanol–water partition coefficient (Wildman–Crippen LogP) is 2.39. The maximum Gasteiger partial charge on any atom is 0.340 e. The lowest BCUT2D eigenvalue weighted by molar-refractivity contribution is -0.148. The van der Waals surface area contributed by atoms with Gasteiger partial charge in [0.05, 0.1) is 0 Å². The van der Waals surface area contributed by atoms with Crippen molar-refractivity contribution < 1.29 is 22.3 Å². The van der Waals surface area contributed by atoms with Gasteiger partial charge in [-0.15, -0.1) is 0 Å². The SMILES string of the molecule is CNCc1ccc(OCC(F)(F)C(F)F)nc1C. The first-order chi connectivity index (χ1) is 8.36. The zero-order valence-electron chi connectivity index (χ0n) is 10.0. The molecule has 0 unspecified atom stereocenters. The Bertz CT molecular complexity index is 399.